The molecule has 2 amide bonds. The molecule has 1 saturated carbocycles. The Balaban J connectivity index is 1.51. The smallest absolute Gasteiger partial charge is 0.257 e. The topological polar surface area (TPSA) is 75.3 Å². The summed E-state index contributed by atoms with van der Waals surface area (Å²) in [5, 5.41) is 5.91. The second-order valence-electron chi connectivity index (χ2n) is 7.83. The Hall–Kier alpha value is -2.35. The van der Waals surface area contributed by atoms with Crippen LogP contribution in [-0.2, 0) is 4.79 Å². The van der Waals surface area contributed by atoms with Gasteiger partial charge in [0.2, 0.25) is 5.91 Å². The summed E-state index contributed by atoms with van der Waals surface area (Å²) in [4.78, 5) is 36.4. The minimum Gasteiger partial charge on any atom is -0.326 e. The monoisotopic (exact) mass is 572 g/mol. The molecule has 0 heterocycles. The molecule has 11 heteroatoms. The molecule has 1 aliphatic rings. The maximum Gasteiger partial charge on any atom is 0.257 e. The molecule has 1 fully saturated rings. The summed E-state index contributed by atoms with van der Waals surface area (Å²) in [7, 11) is 0. The average molecular weight is 575 g/mol. The summed E-state index contributed by atoms with van der Waals surface area (Å²) in [6.45, 7) is 0. The van der Waals surface area contributed by atoms with Gasteiger partial charge in [-0.2, -0.15) is 0 Å². The van der Waals surface area contributed by atoms with Gasteiger partial charge in [-0.15, -0.1) is 23.2 Å². The van der Waals surface area contributed by atoms with Crippen LogP contribution in [-0.4, -0.2) is 22.4 Å². The van der Waals surface area contributed by atoms with Crippen LogP contribution in [0.3, 0.4) is 0 Å². The van der Waals surface area contributed by atoms with E-state index < -0.39 is 33.8 Å². The molecule has 3 aromatic carbocycles. The molecule has 35 heavy (non-hydrogen) atoms. The van der Waals surface area contributed by atoms with Crippen LogP contribution in [0.5, 0.6) is 0 Å². The number of anilines is 2. The number of amides is 2. The van der Waals surface area contributed by atoms with Gasteiger partial charge in [-0.25, -0.2) is 4.39 Å². The van der Waals surface area contributed by atoms with Crippen molar-refractivity contribution in [3.05, 3.63) is 92.2 Å². The lowest BCUT2D eigenvalue weighted by Crippen LogP contribution is -2.18. The molecule has 3 aromatic rings. The van der Waals surface area contributed by atoms with Crippen molar-refractivity contribution in [3.63, 3.8) is 0 Å². The zero-order valence-corrected chi connectivity index (χ0v) is 21.2. The number of nitrogens with one attached hydrogen (secondary N) is 2. The number of halogens is 6. The Morgan fingerprint density at radius 1 is 0.914 bits per heavy atom. The molecule has 2 atom stereocenters. The highest BCUT2D eigenvalue weighted by Gasteiger charge is 2.67. The molecule has 0 aliphatic heterocycles. The molecule has 0 spiro atoms. The van der Waals surface area contributed by atoms with Crippen molar-refractivity contribution in [3.8, 4) is 0 Å². The maximum atomic E-state index is 14.2. The molecule has 180 valence electrons. The number of hydrogen-bond acceptors (Lipinski definition) is 3. The first-order chi connectivity index (χ1) is 16.5. The van der Waals surface area contributed by atoms with Crippen molar-refractivity contribution >= 4 is 87.5 Å². The average Bonchev–Trinajstić information content (AvgIpc) is 3.37. The number of benzene rings is 3. The zero-order valence-electron chi connectivity index (χ0n) is 17.4. The third kappa shape index (κ3) is 5.42. The van der Waals surface area contributed by atoms with Gasteiger partial charge < -0.3 is 10.6 Å². The molecule has 4 rings (SSSR count). The number of carbonyl (C=O) groups is 3. The van der Waals surface area contributed by atoms with Gasteiger partial charge in [-0.3, -0.25) is 14.4 Å². The van der Waals surface area contributed by atoms with Gasteiger partial charge in [-0.1, -0.05) is 34.8 Å². The van der Waals surface area contributed by atoms with Gasteiger partial charge in [-0.05, 0) is 60.2 Å². The van der Waals surface area contributed by atoms with E-state index in [1.54, 1.807) is 18.2 Å². The van der Waals surface area contributed by atoms with Crippen molar-refractivity contribution in [2.45, 2.75) is 10.3 Å². The van der Waals surface area contributed by atoms with E-state index >= 15 is 0 Å². The van der Waals surface area contributed by atoms with Crippen molar-refractivity contribution in [1.29, 1.82) is 0 Å². The number of carbonyl (C=O) groups excluding carboxylic acids is 3. The van der Waals surface area contributed by atoms with Gasteiger partial charge in [0.15, 0.2) is 0 Å². The summed E-state index contributed by atoms with van der Waals surface area (Å²) < 4.78 is 12.8. The van der Waals surface area contributed by atoms with Crippen LogP contribution in [0.25, 0.3) is 0 Å². The minimum atomic E-state index is -1.38. The molecular weight excluding hydrogens is 561 g/mol. The second-order valence-corrected chi connectivity index (χ2v) is 10.6. The van der Waals surface area contributed by atoms with Gasteiger partial charge in [0.05, 0.1) is 22.2 Å². The van der Waals surface area contributed by atoms with E-state index in [0.29, 0.717) is 21.9 Å². The minimum absolute atomic E-state index is 0.0136. The van der Waals surface area contributed by atoms with E-state index in [1.165, 1.54) is 30.3 Å². The normalized spacial score (nSPS) is 18.0. The van der Waals surface area contributed by atoms with E-state index in [0.717, 1.165) is 6.07 Å². The summed E-state index contributed by atoms with van der Waals surface area (Å²) >= 11 is 31.0. The number of rotatable bonds is 6. The summed E-state index contributed by atoms with van der Waals surface area (Å²) in [5.74, 6) is -3.34. The molecular formula is C24H14Cl5FN2O3. The zero-order chi connectivity index (χ0) is 25.5. The molecule has 2 unspecified atom stereocenters. The predicted molar refractivity (Wildman–Crippen MR) is 137 cm³/mol. The van der Waals surface area contributed by atoms with E-state index in [4.69, 9.17) is 58.0 Å². The largest absolute Gasteiger partial charge is 0.326 e. The van der Waals surface area contributed by atoms with Crippen LogP contribution >= 0.6 is 58.0 Å². The molecule has 0 aromatic heterocycles. The Bertz CT molecular complexity index is 1340. The highest BCUT2D eigenvalue weighted by molar-refractivity contribution is 6.53. The maximum absolute atomic E-state index is 14.2. The standard InChI is InChI=1S/C24H14Cl5FN2O3/c25-13-6-12(7-14(26)8-13)20-21(24(20,28)29)23(35)31-15-2-3-17(27)16(9-15)22(34)32-19-4-1-11(10-33)5-18(19)30/h1-10,20-21H,(H,31,35)(H,32,34). The van der Waals surface area contributed by atoms with Crippen LogP contribution < -0.4 is 10.6 Å². The second kappa shape index (κ2) is 9.96. The fourth-order valence-corrected chi connectivity index (χ4v) is 5.29. The highest BCUT2D eigenvalue weighted by atomic mass is 35.5. The van der Waals surface area contributed by atoms with E-state index in [9.17, 15) is 18.8 Å². The lowest BCUT2D eigenvalue weighted by Gasteiger charge is -2.11. The Morgan fingerprint density at radius 3 is 2.23 bits per heavy atom. The van der Waals surface area contributed by atoms with Crippen LogP contribution in [0.15, 0.2) is 54.6 Å². The first-order valence-corrected chi connectivity index (χ1v) is 11.9. The molecule has 0 saturated heterocycles. The van der Waals surface area contributed by atoms with Crippen LogP contribution in [0.4, 0.5) is 15.8 Å². The number of alkyl halides is 2. The lowest BCUT2D eigenvalue weighted by atomic mass is 10.1. The third-order valence-electron chi connectivity index (χ3n) is 5.44. The Morgan fingerprint density at radius 2 is 1.60 bits per heavy atom. The van der Waals surface area contributed by atoms with Gasteiger partial charge in [0, 0.05) is 27.2 Å². The van der Waals surface area contributed by atoms with E-state index in [1.807, 2.05) is 0 Å². The van der Waals surface area contributed by atoms with Crippen molar-refractivity contribution in [2.75, 3.05) is 10.6 Å². The fraction of sp³-hybridized carbons (Fsp3) is 0.125. The molecule has 1 aliphatic carbocycles. The van der Waals surface area contributed by atoms with E-state index in [2.05, 4.69) is 10.6 Å². The quantitative estimate of drug-likeness (QED) is 0.238. The Labute approximate surface area is 224 Å². The summed E-state index contributed by atoms with van der Waals surface area (Å²) in [5.41, 5.74) is 0.837. The SMILES string of the molecule is O=Cc1ccc(NC(=O)c2cc(NC(=O)C3C(c4cc(Cl)cc(Cl)c4)C3(Cl)Cl)ccc2Cl)c(F)c1. The van der Waals surface area contributed by atoms with Crippen molar-refractivity contribution in [2.24, 2.45) is 5.92 Å². The van der Waals surface area contributed by atoms with Gasteiger partial charge in [0.1, 0.15) is 16.4 Å². The summed E-state index contributed by atoms with van der Waals surface area (Å²) in [6.07, 6.45) is 0.486. The molecule has 0 radical (unpaired) electrons. The van der Waals surface area contributed by atoms with Crippen LogP contribution in [0, 0.1) is 11.7 Å². The third-order valence-corrected chi connectivity index (χ3v) is 7.14. The van der Waals surface area contributed by atoms with E-state index in [-0.39, 0.29) is 27.5 Å². The van der Waals surface area contributed by atoms with Crippen LogP contribution in [0.1, 0.15) is 32.2 Å². The van der Waals surface area contributed by atoms with Crippen LogP contribution in [0.2, 0.25) is 15.1 Å². The fourth-order valence-electron chi connectivity index (χ4n) is 3.72. The predicted octanol–water partition coefficient (Wildman–Crippen LogP) is 7.38. The molecule has 0 bridgehead atoms. The molecule has 2 N–H and O–H groups in total. The number of hydrogen-bond donors (Lipinski definition) is 2. The van der Waals surface area contributed by atoms with Crippen molar-refractivity contribution in [1.82, 2.24) is 0 Å². The molecule has 5 nitrogen and oxygen atoms in total. The Kier molecular flexibility index (Phi) is 7.32. The number of aldehydes is 1. The first kappa shape index (κ1) is 25.7. The van der Waals surface area contributed by atoms with Gasteiger partial charge >= 0.3 is 0 Å². The lowest BCUT2D eigenvalue weighted by molar-refractivity contribution is -0.117. The van der Waals surface area contributed by atoms with Gasteiger partial charge in [0.25, 0.3) is 5.91 Å². The highest BCUT2D eigenvalue weighted by Crippen LogP contribution is 2.65. The summed E-state index contributed by atoms with van der Waals surface area (Å²) in [6, 6.07) is 12.7. The van der Waals surface area contributed by atoms with Crippen molar-refractivity contribution < 1.29 is 18.8 Å². The first-order valence-electron chi connectivity index (χ1n) is 10.0.